The zero-order valence-electron chi connectivity index (χ0n) is 12.4. The van der Waals surface area contributed by atoms with Crippen LogP contribution >= 0.6 is 11.3 Å². The number of aliphatic hydroxyl groups excluding tert-OH is 1. The number of carbonyl (C=O) groups is 1. The molecule has 2 aromatic rings. The highest BCUT2D eigenvalue weighted by molar-refractivity contribution is 7.20. The van der Waals surface area contributed by atoms with Crippen molar-refractivity contribution in [3.05, 3.63) is 16.3 Å². The zero-order valence-corrected chi connectivity index (χ0v) is 13.3. The summed E-state index contributed by atoms with van der Waals surface area (Å²) in [5, 5.41) is 12.5. The smallest absolute Gasteiger partial charge is 0.261 e. The molecule has 0 aliphatic carbocycles. The van der Waals surface area contributed by atoms with Crippen LogP contribution in [0.2, 0.25) is 0 Å². The number of amides is 1. The number of anilines is 1. The van der Waals surface area contributed by atoms with Crippen LogP contribution in [-0.4, -0.2) is 34.1 Å². The van der Waals surface area contributed by atoms with Crippen LogP contribution in [-0.2, 0) is 0 Å². The molecule has 114 valence electrons. The Kier molecular flexibility index (Phi) is 4.74. The highest BCUT2D eigenvalue weighted by Gasteiger charge is 2.19. The molecule has 4 N–H and O–H groups in total. The van der Waals surface area contributed by atoms with Gasteiger partial charge in [-0.05, 0) is 31.7 Å². The minimum Gasteiger partial charge on any atom is -0.396 e. The van der Waals surface area contributed by atoms with Gasteiger partial charge in [0, 0.05) is 13.2 Å². The maximum absolute atomic E-state index is 12.3. The van der Waals surface area contributed by atoms with E-state index in [1.807, 2.05) is 13.8 Å². The molecule has 0 radical (unpaired) electrons. The molecule has 0 aliphatic heterocycles. The predicted molar refractivity (Wildman–Crippen MR) is 84.5 cm³/mol. The van der Waals surface area contributed by atoms with E-state index in [4.69, 9.17) is 10.8 Å². The molecule has 0 spiro atoms. The van der Waals surface area contributed by atoms with Crippen LogP contribution in [0.25, 0.3) is 10.2 Å². The summed E-state index contributed by atoms with van der Waals surface area (Å²) in [5.41, 5.74) is 6.75. The van der Waals surface area contributed by atoms with Gasteiger partial charge >= 0.3 is 0 Å². The van der Waals surface area contributed by atoms with Gasteiger partial charge in [-0.25, -0.2) is 9.97 Å². The Labute approximate surface area is 127 Å². The van der Waals surface area contributed by atoms with Crippen LogP contribution in [0, 0.1) is 19.8 Å². The van der Waals surface area contributed by atoms with E-state index in [0.717, 1.165) is 15.8 Å². The fraction of sp³-hybridized carbons (Fsp3) is 0.500. The molecule has 1 atom stereocenters. The number of rotatable bonds is 5. The summed E-state index contributed by atoms with van der Waals surface area (Å²) in [7, 11) is 0. The van der Waals surface area contributed by atoms with Crippen molar-refractivity contribution in [3.63, 3.8) is 0 Å². The van der Waals surface area contributed by atoms with E-state index < -0.39 is 0 Å². The van der Waals surface area contributed by atoms with Gasteiger partial charge in [-0.1, -0.05) is 6.92 Å². The van der Waals surface area contributed by atoms with E-state index in [9.17, 15) is 4.79 Å². The molecule has 2 rings (SSSR count). The van der Waals surface area contributed by atoms with E-state index in [2.05, 4.69) is 15.3 Å². The third-order valence-corrected chi connectivity index (χ3v) is 4.55. The van der Waals surface area contributed by atoms with Gasteiger partial charge in [0.1, 0.15) is 16.5 Å². The van der Waals surface area contributed by atoms with Crippen molar-refractivity contribution in [1.29, 1.82) is 0 Å². The normalized spacial score (nSPS) is 12.6. The second kappa shape index (κ2) is 6.36. The summed E-state index contributed by atoms with van der Waals surface area (Å²) in [6.07, 6.45) is 0.670. The lowest BCUT2D eigenvalue weighted by atomic mass is 10.1. The first-order chi connectivity index (χ1) is 9.93. The van der Waals surface area contributed by atoms with E-state index in [1.54, 1.807) is 6.92 Å². The molecule has 21 heavy (non-hydrogen) atoms. The maximum Gasteiger partial charge on any atom is 0.261 e. The van der Waals surface area contributed by atoms with Crippen LogP contribution in [0.1, 0.15) is 34.4 Å². The van der Waals surface area contributed by atoms with Crippen molar-refractivity contribution in [2.24, 2.45) is 5.92 Å². The van der Waals surface area contributed by atoms with Gasteiger partial charge in [0.25, 0.3) is 5.91 Å². The Morgan fingerprint density at radius 1 is 1.43 bits per heavy atom. The third kappa shape index (κ3) is 3.30. The SMILES string of the molecule is Cc1nc(N)c2c(C)c(C(=O)NCC(C)CCO)sc2n1. The van der Waals surface area contributed by atoms with Crippen LogP contribution in [0.5, 0.6) is 0 Å². The molecule has 0 aliphatic rings. The Balaban J connectivity index is 2.24. The highest BCUT2D eigenvalue weighted by atomic mass is 32.1. The summed E-state index contributed by atoms with van der Waals surface area (Å²) in [4.78, 5) is 22.1. The van der Waals surface area contributed by atoms with Gasteiger partial charge in [-0.3, -0.25) is 4.79 Å². The van der Waals surface area contributed by atoms with Crippen LogP contribution in [0.4, 0.5) is 5.82 Å². The molecule has 7 heteroatoms. The molecule has 2 aromatic heterocycles. The quantitative estimate of drug-likeness (QED) is 0.779. The monoisotopic (exact) mass is 308 g/mol. The molecule has 1 unspecified atom stereocenters. The average Bonchev–Trinajstić information content (AvgIpc) is 2.73. The van der Waals surface area contributed by atoms with E-state index >= 15 is 0 Å². The number of nitrogen functional groups attached to an aromatic ring is 1. The Hall–Kier alpha value is -1.73. The van der Waals surface area contributed by atoms with Gasteiger partial charge in [0.05, 0.1) is 10.3 Å². The number of nitrogens with two attached hydrogens (primary N) is 1. The number of thiophene rings is 1. The molecule has 6 nitrogen and oxygen atoms in total. The number of aryl methyl sites for hydroxylation is 2. The lowest BCUT2D eigenvalue weighted by Crippen LogP contribution is -2.28. The molecular weight excluding hydrogens is 288 g/mol. The van der Waals surface area contributed by atoms with E-state index in [0.29, 0.717) is 29.5 Å². The summed E-state index contributed by atoms with van der Waals surface area (Å²) >= 11 is 1.33. The first kappa shape index (κ1) is 15.7. The van der Waals surface area contributed by atoms with Gasteiger partial charge < -0.3 is 16.2 Å². The molecule has 1 amide bonds. The van der Waals surface area contributed by atoms with E-state index in [-0.39, 0.29) is 18.4 Å². The third-order valence-electron chi connectivity index (χ3n) is 3.37. The lowest BCUT2D eigenvalue weighted by molar-refractivity contribution is 0.0949. The molecular formula is C14H20N4O2S. The van der Waals surface area contributed by atoms with Crippen molar-refractivity contribution in [2.45, 2.75) is 27.2 Å². The largest absolute Gasteiger partial charge is 0.396 e. The average molecular weight is 308 g/mol. The number of carbonyl (C=O) groups excluding carboxylic acids is 1. The van der Waals surface area contributed by atoms with Gasteiger partial charge in [-0.15, -0.1) is 11.3 Å². The zero-order chi connectivity index (χ0) is 15.6. The first-order valence-corrected chi connectivity index (χ1v) is 7.68. The fourth-order valence-corrected chi connectivity index (χ4v) is 3.32. The number of nitrogens with zero attached hydrogens (tertiary/aromatic N) is 2. The first-order valence-electron chi connectivity index (χ1n) is 6.86. The Bertz CT molecular complexity index is 669. The number of aliphatic hydroxyl groups is 1. The number of hydrogen-bond acceptors (Lipinski definition) is 6. The topological polar surface area (TPSA) is 101 Å². The van der Waals surface area contributed by atoms with Crippen LogP contribution in [0.15, 0.2) is 0 Å². The second-order valence-electron chi connectivity index (χ2n) is 5.22. The molecule has 0 fully saturated rings. The predicted octanol–water partition coefficient (Wildman–Crippen LogP) is 1.64. The van der Waals surface area contributed by atoms with Crippen molar-refractivity contribution >= 4 is 33.3 Å². The standard InChI is InChI=1S/C14H20N4O2S/c1-7(4-5-19)6-16-13(20)11-8(2)10-12(15)17-9(3)18-14(10)21-11/h7,19H,4-6H2,1-3H3,(H,16,20)(H2,15,17,18). The lowest BCUT2D eigenvalue weighted by Gasteiger charge is -2.10. The Morgan fingerprint density at radius 2 is 2.14 bits per heavy atom. The summed E-state index contributed by atoms with van der Waals surface area (Å²) in [6, 6.07) is 0. The van der Waals surface area contributed by atoms with Gasteiger partial charge in [-0.2, -0.15) is 0 Å². The fourth-order valence-electron chi connectivity index (χ4n) is 2.17. The minimum absolute atomic E-state index is 0.127. The van der Waals surface area contributed by atoms with Gasteiger partial charge in [0.2, 0.25) is 0 Å². The molecule has 2 heterocycles. The number of hydrogen-bond donors (Lipinski definition) is 3. The molecule has 0 bridgehead atoms. The van der Waals surface area contributed by atoms with E-state index in [1.165, 1.54) is 11.3 Å². The van der Waals surface area contributed by atoms with Crippen molar-refractivity contribution in [1.82, 2.24) is 15.3 Å². The summed E-state index contributed by atoms with van der Waals surface area (Å²) < 4.78 is 0. The van der Waals surface area contributed by atoms with Crippen LogP contribution < -0.4 is 11.1 Å². The van der Waals surface area contributed by atoms with Crippen molar-refractivity contribution in [2.75, 3.05) is 18.9 Å². The molecule has 0 saturated carbocycles. The maximum atomic E-state index is 12.3. The highest BCUT2D eigenvalue weighted by Crippen LogP contribution is 2.32. The summed E-state index contributed by atoms with van der Waals surface area (Å²) in [6.45, 7) is 6.29. The summed E-state index contributed by atoms with van der Waals surface area (Å²) in [5.74, 6) is 1.13. The number of fused-ring (bicyclic) bond motifs is 1. The second-order valence-corrected chi connectivity index (χ2v) is 6.22. The van der Waals surface area contributed by atoms with Crippen LogP contribution in [0.3, 0.4) is 0 Å². The Morgan fingerprint density at radius 3 is 2.81 bits per heavy atom. The van der Waals surface area contributed by atoms with Crippen molar-refractivity contribution < 1.29 is 9.90 Å². The number of nitrogens with one attached hydrogen (secondary N) is 1. The van der Waals surface area contributed by atoms with Crippen molar-refractivity contribution in [3.8, 4) is 0 Å². The number of aromatic nitrogens is 2. The molecule has 0 aromatic carbocycles. The van der Waals surface area contributed by atoms with Gasteiger partial charge in [0.15, 0.2) is 0 Å². The minimum atomic E-state index is -0.127. The molecule has 0 saturated heterocycles.